The third kappa shape index (κ3) is 5.09. The summed E-state index contributed by atoms with van der Waals surface area (Å²) in [5.41, 5.74) is 2.94. The van der Waals surface area contributed by atoms with E-state index >= 15 is 0 Å². The standard InChI is InChI=1S/C24H31N5O/c1-2-3-4-22-15-28(13-20-9-10-20)24(30)17-27(22)16-23-12-26-18-29(23)14-21-7-5-19(11-25)6-8-21/h5-8,12,18,20,22H,2-4,9-10,13-17H2,1H3/t22-/m0/s1. The van der Waals surface area contributed by atoms with Crippen molar-refractivity contribution in [1.29, 1.82) is 5.26 Å². The Hall–Kier alpha value is -2.65. The van der Waals surface area contributed by atoms with Crippen LogP contribution in [0.1, 0.15) is 55.8 Å². The van der Waals surface area contributed by atoms with Gasteiger partial charge in [-0.1, -0.05) is 31.9 Å². The zero-order valence-corrected chi connectivity index (χ0v) is 17.8. The maximum absolute atomic E-state index is 12.8. The van der Waals surface area contributed by atoms with Gasteiger partial charge in [-0.25, -0.2) is 4.98 Å². The Morgan fingerprint density at radius 1 is 1.20 bits per heavy atom. The smallest absolute Gasteiger partial charge is 0.236 e. The molecule has 30 heavy (non-hydrogen) atoms. The Morgan fingerprint density at radius 2 is 2.00 bits per heavy atom. The fraction of sp³-hybridized carbons (Fsp3) is 0.542. The van der Waals surface area contributed by atoms with Crippen molar-refractivity contribution in [3.05, 3.63) is 53.6 Å². The highest BCUT2D eigenvalue weighted by Crippen LogP contribution is 2.31. The lowest BCUT2D eigenvalue weighted by Crippen LogP contribution is -2.56. The van der Waals surface area contributed by atoms with E-state index < -0.39 is 0 Å². The molecule has 1 aromatic carbocycles. The van der Waals surface area contributed by atoms with Gasteiger partial charge >= 0.3 is 0 Å². The summed E-state index contributed by atoms with van der Waals surface area (Å²) in [7, 11) is 0. The molecule has 0 spiro atoms. The van der Waals surface area contributed by atoms with Gasteiger partial charge in [-0.05, 0) is 42.9 Å². The second-order valence-corrected chi connectivity index (χ2v) is 8.76. The third-order valence-corrected chi connectivity index (χ3v) is 6.30. The van der Waals surface area contributed by atoms with Crippen LogP contribution in [0.4, 0.5) is 0 Å². The molecule has 1 amide bonds. The van der Waals surface area contributed by atoms with Crippen molar-refractivity contribution in [2.24, 2.45) is 5.92 Å². The number of hydrogen-bond acceptors (Lipinski definition) is 4. The van der Waals surface area contributed by atoms with Crippen molar-refractivity contribution in [2.45, 2.75) is 58.2 Å². The van der Waals surface area contributed by atoms with Gasteiger partial charge < -0.3 is 9.47 Å². The molecule has 4 rings (SSSR count). The summed E-state index contributed by atoms with van der Waals surface area (Å²) in [5.74, 6) is 1.01. The molecule has 2 aliphatic rings. The van der Waals surface area contributed by atoms with Crippen LogP contribution in [0.2, 0.25) is 0 Å². The number of unbranched alkanes of at least 4 members (excludes halogenated alkanes) is 1. The molecule has 0 bridgehead atoms. The first-order valence-corrected chi connectivity index (χ1v) is 11.2. The average molecular weight is 406 g/mol. The molecule has 6 nitrogen and oxygen atoms in total. The van der Waals surface area contributed by atoms with E-state index in [0.29, 0.717) is 18.2 Å². The maximum Gasteiger partial charge on any atom is 0.236 e. The largest absolute Gasteiger partial charge is 0.340 e. The fourth-order valence-corrected chi connectivity index (χ4v) is 4.27. The summed E-state index contributed by atoms with van der Waals surface area (Å²) >= 11 is 0. The molecular formula is C24H31N5O. The summed E-state index contributed by atoms with van der Waals surface area (Å²) in [6.07, 6.45) is 9.84. The number of amides is 1. The van der Waals surface area contributed by atoms with E-state index in [1.165, 1.54) is 25.7 Å². The normalized spacial score (nSPS) is 19.8. The zero-order chi connectivity index (χ0) is 20.9. The first-order valence-electron chi connectivity index (χ1n) is 11.2. The van der Waals surface area contributed by atoms with E-state index in [1.54, 1.807) is 0 Å². The molecule has 0 unspecified atom stereocenters. The number of imidazole rings is 1. The van der Waals surface area contributed by atoms with Crippen LogP contribution in [-0.2, 0) is 17.9 Å². The second kappa shape index (κ2) is 9.44. The molecule has 6 heteroatoms. The average Bonchev–Trinajstić information content (AvgIpc) is 3.48. The van der Waals surface area contributed by atoms with E-state index in [0.717, 1.165) is 49.8 Å². The monoisotopic (exact) mass is 405 g/mol. The van der Waals surface area contributed by atoms with Crippen LogP contribution in [0, 0.1) is 17.2 Å². The fourth-order valence-electron chi connectivity index (χ4n) is 4.27. The highest BCUT2D eigenvalue weighted by atomic mass is 16.2. The predicted molar refractivity (Wildman–Crippen MR) is 116 cm³/mol. The molecule has 1 saturated heterocycles. The molecule has 2 heterocycles. The highest BCUT2D eigenvalue weighted by molar-refractivity contribution is 5.79. The van der Waals surface area contributed by atoms with Crippen LogP contribution >= 0.6 is 0 Å². The van der Waals surface area contributed by atoms with Gasteiger partial charge in [0.2, 0.25) is 5.91 Å². The zero-order valence-electron chi connectivity index (χ0n) is 17.8. The number of benzene rings is 1. The molecule has 1 aliphatic carbocycles. The number of carbonyl (C=O) groups is 1. The summed E-state index contributed by atoms with van der Waals surface area (Å²) < 4.78 is 2.15. The topological polar surface area (TPSA) is 65.2 Å². The van der Waals surface area contributed by atoms with Gasteiger partial charge in [0.1, 0.15) is 0 Å². The van der Waals surface area contributed by atoms with Crippen LogP contribution in [0.25, 0.3) is 0 Å². The molecule has 2 aromatic rings. The van der Waals surface area contributed by atoms with Crippen molar-refractivity contribution < 1.29 is 4.79 Å². The van der Waals surface area contributed by atoms with Crippen molar-refractivity contribution >= 4 is 5.91 Å². The van der Waals surface area contributed by atoms with Crippen molar-refractivity contribution in [2.75, 3.05) is 19.6 Å². The van der Waals surface area contributed by atoms with Crippen LogP contribution in [0.3, 0.4) is 0 Å². The third-order valence-electron chi connectivity index (χ3n) is 6.30. The Bertz CT molecular complexity index is 893. The second-order valence-electron chi connectivity index (χ2n) is 8.76. The number of hydrogen-bond donors (Lipinski definition) is 0. The van der Waals surface area contributed by atoms with Gasteiger partial charge in [-0.3, -0.25) is 9.69 Å². The van der Waals surface area contributed by atoms with Crippen molar-refractivity contribution in [3.63, 3.8) is 0 Å². The number of carbonyl (C=O) groups excluding carboxylic acids is 1. The van der Waals surface area contributed by atoms with Gasteiger partial charge in [0.05, 0.1) is 30.2 Å². The summed E-state index contributed by atoms with van der Waals surface area (Å²) in [6, 6.07) is 10.3. The summed E-state index contributed by atoms with van der Waals surface area (Å²) in [5, 5.41) is 8.99. The van der Waals surface area contributed by atoms with Gasteiger partial charge in [0.25, 0.3) is 0 Å². The lowest BCUT2D eigenvalue weighted by Gasteiger charge is -2.41. The van der Waals surface area contributed by atoms with Crippen LogP contribution in [0.15, 0.2) is 36.8 Å². The van der Waals surface area contributed by atoms with E-state index in [1.807, 2.05) is 36.8 Å². The number of piperazine rings is 1. The van der Waals surface area contributed by atoms with Crippen LogP contribution in [-0.4, -0.2) is 50.9 Å². The lowest BCUT2D eigenvalue weighted by molar-refractivity contribution is -0.139. The number of nitriles is 1. The first-order chi connectivity index (χ1) is 14.7. The lowest BCUT2D eigenvalue weighted by atomic mass is 10.0. The Morgan fingerprint density at radius 3 is 2.70 bits per heavy atom. The molecule has 1 aliphatic heterocycles. The molecule has 0 radical (unpaired) electrons. The van der Waals surface area contributed by atoms with Gasteiger partial charge in [-0.2, -0.15) is 5.26 Å². The van der Waals surface area contributed by atoms with Crippen LogP contribution < -0.4 is 0 Å². The molecule has 0 N–H and O–H groups in total. The minimum absolute atomic E-state index is 0.271. The number of nitrogens with zero attached hydrogens (tertiary/aromatic N) is 5. The predicted octanol–water partition coefficient (Wildman–Crippen LogP) is 3.42. The maximum atomic E-state index is 12.8. The number of aromatic nitrogens is 2. The molecular weight excluding hydrogens is 374 g/mol. The Kier molecular flexibility index (Phi) is 6.49. The van der Waals surface area contributed by atoms with E-state index in [9.17, 15) is 4.79 Å². The minimum Gasteiger partial charge on any atom is -0.340 e. The molecule has 1 aromatic heterocycles. The molecule has 1 saturated carbocycles. The summed E-state index contributed by atoms with van der Waals surface area (Å²) in [4.78, 5) is 21.6. The Balaban J connectivity index is 1.44. The van der Waals surface area contributed by atoms with Crippen LogP contribution in [0.5, 0.6) is 0 Å². The van der Waals surface area contributed by atoms with Crippen molar-refractivity contribution in [1.82, 2.24) is 19.4 Å². The first kappa shape index (κ1) is 20.6. The van der Waals surface area contributed by atoms with E-state index in [2.05, 4.69) is 32.3 Å². The SMILES string of the molecule is CCCC[C@H]1CN(CC2CC2)C(=O)CN1Cc1cncn1Cc1ccc(C#N)cc1. The van der Waals surface area contributed by atoms with Gasteiger partial charge in [-0.15, -0.1) is 0 Å². The van der Waals surface area contributed by atoms with Gasteiger partial charge in [0.15, 0.2) is 0 Å². The molecule has 158 valence electrons. The Labute approximate surface area is 179 Å². The number of rotatable bonds is 9. The van der Waals surface area contributed by atoms with Crippen molar-refractivity contribution in [3.8, 4) is 6.07 Å². The minimum atomic E-state index is 0.271. The quantitative estimate of drug-likeness (QED) is 0.641. The molecule has 2 fully saturated rings. The highest BCUT2D eigenvalue weighted by Gasteiger charge is 2.35. The molecule has 1 atom stereocenters. The summed E-state index contributed by atoms with van der Waals surface area (Å²) in [6.45, 7) is 6.00. The van der Waals surface area contributed by atoms with E-state index in [-0.39, 0.29) is 5.91 Å². The van der Waals surface area contributed by atoms with E-state index in [4.69, 9.17) is 5.26 Å². The van der Waals surface area contributed by atoms with Gasteiger partial charge in [0, 0.05) is 38.4 Å².